The first kappa shape index (κ1) is 14.1. The summed E-state index contributed by atoms with van der Waals surface area (Å²) in [6, 6.07) is 10.7. The predicted octanol–water partition coefficient (Wildman–Crippen LogP) is 4.80. The molecule has 2 aliphatic carbocycles. The topological polar surface area (TPSA) is 12.0 Å². The molecule has 0 bridgehead atoms. The van der Waals surface area contributed by atoms with Crippen LogP contribution in [0.1, 0.15) is 68.9 Å². The van der Waals surface area contributed by atoms with Crippen LogP contribution >= 0.6 is 0 Å². The second-order valence-electron chi connectivity index (χ2n) is 7.07. The summed E-state index contributed by atoms with van der Waals surface area (Å²) in [5, 5.41) is 3.91. The number of hydrogen-bond acceptors (Lipinski definition) is 1. The van der Waals surface area contributed by atoms with Crippen LogP contribution in [0.5, 0.6) is 0 Å². The highest BCUT2D eigenvalue weighted by Crippen LogP contribution is 2.38. The van der Waals surface area contributed by atoms with Crippen LogP contribution in [0.3, 0.4) is 0 Å². The fraction of sp³-hybridized carbons (Fsp3) is 0.684. The monoisotopic (exact) mass is 271 g/mol. The summed E-state index contributed by atoms with van der Waals surface area (Å²) in [5.41, 5.74) is 2.95. The zero-order chi connectivity index (χ0) is 13.9. The van der Waals surface area contributed by atoms with Crippen LogP contribution < -0.4 is 5.32 Å². The Morgan fingerprint density at radius 3 is 2.45 bits per heavy atom. The van der Waals surface area contributed by atoms with E-state index in [9.17, 15) is 0 Å². The van der Waals surface area contributed by atoms with Crippen molar-refractivity contribution >= 4 is 0 Å². The van der Waals surface area contributed by atoms with Gasteiger partial charge in [0.25, 0.3) is 0 Å². The Labute approximate surface area is 124 Å². The van der Waals surface area contributed by atoms with Crippen molar-refractivity contribution in [3.05, 3.63) is 35.4 Å². The third-order valence-corrected chi connectivity index (χ3v) is 5.55. The van der Waals surface area contributed by atoms with E-state index in [-0.39, 0.29) is 0 Å². The Hall–Kier alpha value is -0.820. The maximum absolute atomic E-state index is 3.91. The Kier molecular flexibility index (Phi) is 4.45. The van der Waals surface area contributed by atoms with Gasteiger partial charge in [0.2, 0.25) is 0 Å². The minimum absolute atomic E-state index is 0.781. The molecule has 0 atom stereocenters. The fourth-order valence-corrected chi connectivity index (χ4v) is 4.02. The summed E-state index contributed by atoms with van der Waals surface area (Å²) in [4.78, 5) is 0. The summed E-state index contributed by atoms with van der Waals surface area (Å²) in [6.45, 7) is 4.54. The van der Waals surface area contributed by atoms with E-state index >= 15 is 0 Å². The quantitative estimate of drug-likeness (QED) is 0.829. The molecule has 2 aliphatic rings. The molecule has 20 heavy (non-hydrogen) atoms. The Bertz CT molecular complexity index is 425. The van der Waals surface area contributed by atoms with Crippen molar-refractivity contribution in [2.45, 2.75) is 76.8 Å². The van der Waals surface area contributed by atoms with Crippen molar-refractivity contribution in [2.24, 2.45) is 5.92 Å². The van der Waals surface area contributed by atoms with Crippen LogP contribution in [0.4, 0.5) is 0 Å². The Morgan fingerprint density at radius 2 is 1.80 bits per heavy atom. The average molecular weight is 271 g/mol. The van der Waals surface area contributed by atoms with Crippen molar-refractivity contribution < 1.29 is 0 Å². The molecule has 0 amide bonds. The first-order valence-corrected chi connectivity index (χ1v) is 8.57. The minimum Gasteiger partial charge on any atom is -0.311 e. The van der Waals surface area contributed by atoms with Crippen molar-refractivity contribution in [1.29, 1.82) is 0 Å². The van der Waals surface area contributed by atoms with E-state index in [0.29, 0.717) is 0 Å². The van der Waals surface area contributed by atoms with Crippen molar-refractivity contribution in [1.82, 2.24) is 5.32 Å². The van der Waals surface area contributed by atoms with E-state index in [1.54, 1.807) is 5.56 Å². The second-order valence-corrected chi connectivity index (χ2v) is 7.07. The lowest BCUT2D eigenvalue weighted by molar-refractivity contribution is 0.215. The average Bonchev–Trinajstić information content (AvgIpc) is 2.43. The van der Waals surface area contributed by atoms with Crippen LogP contribution in [0.25, 0.3) is 0 Å². The molecule has 1 nitrogen and oxygen atoms in total. The highest BCUT2D eigenvalue weighted by atomic mass is 15.0. The maximum atomic E-state index is 3.91. The smallest absolute Gasteiger partial charge is 0.00813 e. The molecular formula is C19H29N. The van der Waals surface area contributed by atoms with E-state index in [4.69, 9.17) is 0 Å². The summed E-state index contributed by atoms with van der Waals surface area (Å²) in [6.07, 6.45) is 9.78. The normalized spacial score (nSPS) is 33.7. The zero-order valence-corrected chi connectivity index (χ0v) is 13.1. The first-order chi connectivity index (χ1) is 9.74. The minimum atomic E-state index is 0.781. The van der Waals surface area contributed by atoms with Crippen molar-refractivity contribution in [3.8, 4) is 0 Å². The van der Waals surface area contributed by atoms with Gasteiger partial charge in [0.15, 0.2) is 0 Å². The van der Waals surface area contributed by atoms with Crippen LogP contribution in [0, 0.1) is 12.8 Å². The lowest BCUT2D eigenvalue weighted by Gasteiger charge is -2.40. The molecule has 2 saturated carbocycles. The molecule has 0 spiro atoms. The molecule has 1 aromatic carbocycles. The molecular weight excluding hydrogens is 242 g/mol. The highest BCUT2D eigenvalue weighted by molar-refractivity contribution is 5.27. The highest BCUT2D eigenvalue weighted by Gasteiger charge is 2.32. The standard InChI is InChI=1S/C19H29N/c1-3-15-7-9-18(10-8-15)20-19-12-17(13-19)16-6-4-5-14(2)11-16/h4-6,11,15,17-20H,3,7-10,12-13H2,1-2H3. The van der Waals surface area contributed by atoms with Crippen LogP contribution in [-0.2, 0) is 0 Å². The second kappa shape index (κ2) is 6.30. The summed E-state index contributed by atoms with van der Waals surface area (Å²) >= 11 is 0. The molecule has 1 N–H and O–H groups in total. The molecule has 0 radical (unpaired) electrons. The molecule has 0 saturated heterocycles. The van der Waals surface area contributed by atoms with Gasteiger partial charge in [-0.25, -0.2) is 0 Å². The van der Waals surface area contributed by atoms with Gasteiger partial charge < -0.3 is 5.32 Å². The molecule has 0 aromatic heterocycles. The molecule has 2 fully saturated rings. The fourth-order valence-electron chi connectivity index (χ4n) is 4.02. The van der Waals surface area contributed by atoms with Gasteiger partial charge in [-0.3, -0.25) is 0 Å². The largest absolute Gasteiger partial charge is 0.311 e. The maximum Gasteiger partial charge on any atom is 0.00813 e. The SMILES string of the molecule is CCC1CCC(NC2CC(c3cccc(C)c3)C2)CC1. The number of nitrogens with one attached hydrogen (secondary N) is 1. The van der Waals surface area contributed by atoms with Gasteiger partial charge in [-0.1, -0.05) is 43.2 Å². The summed E-state index contributed by atoms with van der Waals surface area (Å²) in [7, 11) is 0. The van der Waals surface area contributed by atoms with Crippen LogP contribution in [-0.4, -0.2) is 12.1 Å². The molecule has 3 rings (SSSR count). The molecule has 0 aliphatic heterocycles. The van der Waals surface area contributed by atoms with E-state index in [2.05, 4.69) is 43.4 Å². The van der Waals surface area contributed by atoms with E-state index in [1.807, 2.05) is 0 Å². The third-order valence-electron chi connectivity index (χ3n) is 5.55. The number of hydrogen-bond donors (Lipinski definition) is 1. The van der Waals surface area contributed by atoms with Crippen molar-refractivity contribution in [2.75, 3.05) is 0 Å². The molecule has 110 valence electrons. The Morgan fingerprint density at radius 1 is 1.05 bits per heavy atom. The van der Waals surface area contributed by atoms with Gasteiger partial charge in [0.05, 0.1) is 0 Å². The molecule has 1 aromatic rings. The Balaban J connectivity index is 1.42. The van der Waals surface area contributed by atoms with Gasteiger partial charge in [-0.15, -0.1) is 0 Å². The van der Waals surface area contributed by atoms with Gasteiger partial charge in [-0.2, -0.15) is 0 Å². The number of benzene rings is 1. The van der Waals surface area contributed by atoms with Gasteiger partial charge in [-0.05, 0) is 62.8 Å². The lowest BCUT2D eigenvalue weighted by Crippen LogP contribution is -2.46. The summed E-state index contributed by atoms with van der Waals surface area (Å²) in [5.74, 6) is 1.81. The van der Waals surface area contributed by atoms with Gasteiger partial charge in [0.1, 0.15) is 0 Å². The lowest BCUT2D eigenvalue weighted by atomic mass is 9.74. The number of aryl methyl sites for hydroxylation is 1. The van der Waals surface area contributed by atoms with Crippen molar-refractivity contribution in [3.63, 3.8) is 0 Å². The first-order valence-electron chi connectivity index (χ1n) is 8.57. The number of rotatable bonds is 4. The van der Waals surface area contributed by atoms with Crippen LogP contribution in [0.2, 0.25) is 0 Å². The predicted molar refractivity (Wildman–Crippen MR) is 86.1 cm³/mol. The van der Waals surface area contributed by atoms with E-state index in [1.165, 1.54) is 50.5 Å². The summed E-state index contributed by atoms with van der Waals surface area (Å²) < 4.78 is 0. The molecule has 1 heteroatoms. The van der Waals surface area contributed by atoms with Gasteiger partial charge >= 0.3 is 0 Å². The molecule has 0 unspecified atom stereocenters. The zero-order valence-electron chi connectivity index (χ0n) is 13.1. The molecule has 0 heterocycles. The van der Waals surface area contributed by atoms with Gasteiger partial charge in [0, 0.05) is 12.1 Å². The van der Waals surface area contributed by atoms with E-state index in [0.717, 1.165) is 23.9 Å². The third kappa shape index (κ3) is 3.25. The van der Waals surface area contributed by atoms with Crippen LogP contribution in [0.15, 0.2) is 24.3 Å². The van der Waals surface area contributed by atoms with E-state index < -0.39 is 0 Å².